The van der Waals surface area contributed by atoms with Crippen molar-refractivity contribution in [1.82, 2.24) is 5.06 Å². The molecule has 2 rings (SSSR count). The predicted molar refractivity (Wildman–Crippen MR) is 119 cm³/mol. The molecule has 0 saturated carbocycles. The number of aromatic hydroxyl groups is 1. The standard InChI is InChI=1S/C25H40NO4/c1-21(2,3)17-12-16(13-18(19(17)27)22(4,5)6)20(28)30-25(11)14-23(7,8)26(29)24(9,10)15-25/h12-13,27H,14-15H2,1-11H3. The van der Waals surface area contributed by atoms with Crippen LogP contribution in [0.1, 0.15) is 110 Å². The average Bonchev–Trinajstić information content (AvgIpc) is 2.49. The highest BCUT2D eigenvalue weighted by molar-refractivity contribution is 5.91. The molecule has 1 aliphatic heterocycles. The molecule has 1 aliphatic rings. The van der Waals surface area contributed by atoms with Crippen LogP contribution in [-0.4, -0.2) is 32.8 Å². The molecule has 0 aromatic heterocycles. The molecule has 1 radical (unpaired) electrons. The van der Waals surface area contributed by atoms with E-state index in [1.54, 1.807) is 12.1 Å². The quantitative estimate of drug-likeness (QED) is 0.607. The van der Waals surface area contributed by atoms with E-state index in [0.717, 1.165) is 16.2 Å². The van der Waals surface area contributed by atoms with Gasteiger partial charge in [-0.1, -0.05) is 41.5 Å². The number of nitrogens with zero attached hydrogens (tertiary/aromatic N) is 1. The van der Waals surface area contributed by atoms with Crippen molar-refractivity contribution in [2.75, 3.05) is 0 Å². The molecule has 1 aromatic carbocycles. The fraction of sp³-hybridized carbons (Fsp3) is 0.720. The van der Waals surface area contributed by atoms with E-state index in [2.05, 4.69) is 0 Å². The summed E-state index contributed by atoms with van der Waals surface area (Å²) in [5.41, 5.74) is -0.817. The molecule has 1 fully saturated rings. The van der Waals surface area contributed by atoms with E-state index in [1.807, 2.05) is 76.2 Å². The minimum absolute atomic E-state index is 0.236. The van der Waals surface area contributed by atoms with Gasteiger partial charge in [0.1, 0.15) is 11.4 Å². The van der Waals surface area contributed by atoms with Crippen molar-refractivity contribution < 1.29 is 19.8 Å². The van der Waals surface area contributed by atoms with Gasteiger partial charge < -0.3 is 9.84 Å². The molecule has 1 heterocycles. The number of esters is 1. The van der Waals surface area contributed by atoms with Crippen LogP contribution in [0, 0.1) is 0 Å². The first kappa shape index (κ1) is 24.7. The summed E-state index contributed by atoms with van der Waals surface area (Å²) in [5, 5.41) is 24.8. The van der Waals surface area contributed by atoms with Gasteiger partial charge in [-0.2, -0.15) is 0 Å². The minimum atomic E-state index is -0.757. The second-order valence-electron chi connectivity index (χ2n) is 12.5. The Morgan fingerprint density at radius 1 is 0.900 bits per heavy atom. The number of benzene rings is 1. The number of hydroxylamine groups is 2. The average molecular weight is 419 g/mol. The number of carbonyl (C=O) groups excluding carboxylic acids is 1. The van der Waals surface area contributed by atoms with E-state index in [0.29, 0.717) is 18.4 Å². The first-order valence-corrected chi connectivity index (χ1v) is 10.8. The van der Waals surface area contributed by atoms with Gasteiger partial charge in [0, 0.05) is 35.0 Å². The molecular formula is C25H40NO4. The number of phenols is 1. The molecule has 0 atom stereocenters. The van der Waals surface area contributed by atoms with Crippen LogP contribution in [0.3, 0.4) is 0 Å². The summed E-state index contributed by atoms with van der Waals surface area (Å²) in [7, 11) is 0. The van der Waals surface area contributed by atoms with Crippen molar-refractivity contribution >= 4 is 5.97 Å². The molecule has 1 saturated heterocycles. The maximum Gasteiger partial charge on any atom is 0.338 e. The van der Waals surface area contributed by atoms with Crippen LogP contribution in [0.25, 0.3) is 0 Å². The summed E-state index contributed by atoms with van der Waals surface area (Å²) < 4.78 is 6.07. The Morgan fingerprint density at radius 2 is 1.27 bits per heavy atom. The molecule has 0 spiro atoms. The van der Waals surface area contributed by atoms with Crippen molar-refractivity contribution in [3.63, 3.8) is 0 Å². The lowest BCUT2D eigenvalue weighted by atomic mass is 9.73. The van der Waals surface area contributed by atoms with Crippen LogP contribution < -0.4 is 0 Å². The Bertz CT molecular complexity index is 772. The van der Waals surface area contributed by atoms with Crippen LogP contribution in [-0.2, 0) is 20.8 Å². The molecular weight excluding hydrogens is 378 g/mol. The van der Waals surface area contributed by atoms with E-state index in [1.165, 1.54) is 0 Å². The zero-order valence-corrected chi connectivity index (χ0v) is 20.7. The number of piperidine rings is 1. The van der Waals surface area contributed by atoms with Crippen LogP contribution in [0.15, 0.2) is 12.1 Å². The van der Waals surface area contributed by atoms with Crippen molar-refractivity contribution in [3.8, 4) is 5.75 Å². The van der Waals surface area contributed by atoms with Crippen molar-refractivity contribution in [2.45, 2.75) is 117 Å². The number of hydrogen-bond acceptors (Lipinski definition) is 4. The largest absolute Gasteiger partial charge is 0.507 e. The third kappa shape index (κ3) is 4.83. The summed E-state index contributed by atoms with van der Waals surface area (Å²) >= 11 is 0. The monoisotopic (exact) mass is 418 g/mol. The lowest BCUT2D eigenvalue weighted by Crippen LogP contribution is -2.63. The maximum atomic E-state index is 13.3. The number of rotatable bonds is 2. The Morgan fingerprint density at radius 3 is 1.60 bits per heavy atom. The lowest BCUT2D eigenvalue weighted by molar-refractivity contribution is -0.309. The van der Waals surface area contributed by atoms with E-state index >= 15 is 0 Å². The molecule has 1 aromatic rings. The van der Waals surface area contributed by atoms with Crippen LogP contribution in [0.2, 0.25) is 0 Å². The van der Waals surface area contributed by atoms with Gasteiger partial charge in [-0.05, 0) is 57.6 Å². The van der Waals surface area contributed by atoms with Crippen molar-refractivity contribution in [2.24, 2.45) is 0 Å². The van der Waals surface area contributed by atoms with Crippen molar-refractivity contribution in [3.05, 3.63) is 28.8 Å². The summed E-state index contributed by atoms with van der Waals surface area (Å²) in [5.74, 6) is -0.181. The molecule has 0 aliphatic carbocycles. The van der Waals surface area contributed by atoms with Gasteiger partial charge in [-0.15, -0.1) is 10.3 Å². The highest BCUT2D eigenvalue weighted by Crippen LogP contribution is 2.45. The highest BCUT2D eigenvalue weighted by Gasteiger charge is 2.53. The molecule has 169 valence electrons. The van der Waals surface area contributed by atoms with Gasteiger partial charge >= 0.3 is 5.97 Å². The minimum Gasteiger partial charge on any atom is -0.507 e. The summed E-state index contributed by atoms with van der Waals surface area (Å²) in [6.07, 6.45) is 0.907. The Kier molecular flexibility index (Phi) is 5.95. The van der Waals surface area contributed by atoms with E-state index in [4.69, 9.17) is 4.74 Å². The lowest BCUT2D eigenvalue weighted by Gasteiger charge is -2.53. The maximum absolute atomic E-state index is 13.3. The number of hydrogen-bond donors (Lipinski definition) is 1. The third-order valence-electron chi connectivity index (χ3n) is 6.01. The fourth-order valence-corrected chi connectivity index (χ4v) is 5.11. The zero-order chi connectivity index (χ0) is 23.5. The van der Waals surface area contributed by atoms with Crippen LogP contribution in [0.5, 0.6) is 5.75 Å². The van der Waals surface area contributed by atoms with Gasteiger partial charge in [0.2, 0.25) is 0 Å². The Hall–Kier alpha value is -1.59. The topological polar surface area (TPSA) is 69.7 Å². The SMILES string of the molecule is CC1(OC(=O)c2cc(C(C)(C)C)c(O)c(C(C)(C)C)c2)CC(C)(C)N([O])C(C)(C)C1. The second kappa shape index (κ2) is 7.23. The first-order valence-electron chi connectivity index (χ1n) is 10.8. The van der Waals surface area contributed by atoms with Crippen molar-refractivity contribution in [1.29, 1.82) is 0 Å². The number of phenolic OH excluding ortho intramolecular Hbond substituents is 1. The van der Waals surface area contributed by atoms with Gasteiger partial charge in [0.15, 0.2) is 0 Å². The first-order chi connectivity index (χ1) is 13.2. The third-order valence-corrected chi connectivity index (χ3v) is 6.01. The molecule has 0 unspecified atom stereocenters. The molecule has 0 amide bonds. The van der Waals surface area contributed by atoms with Crippen LogP contribution in [0.4, 0.5) is 0 Å². The zero-order valence-electron chi connectivity index (χ0n) is 20.7. The van der Waals surface area contributed by atoms with Gasteiger partial charge in [-0.25, -0.2) is 4.79 Å². The van der Waals surface area contributed by atoms with Crippen LogP contribution >= 0.6 is 0 Å². The van der Waals surface area contributed by atoms with E-state index < -0.39 is 22.6 Å². The van der Waals surface area contributed by atoms with Gasteiger partial charge in [0.05, 0.1) is 5.56 Å². The molecule has 0 bridgehead atoms. The molecule has 5 nitrogen and oxygen atoms in total. The Balaban J connectivity index is 2.49. The predicted octanol–water partition coefficient (Wildman–Crippen LogP) is 5.90. The summed E-state index contributed by atoms with van der Waals surface area (Å²) in [6, 6.07) is 3.49. The summed E-state index contributed by atoms with van der Waals surface area (Å²) in [4.78, 5) is 13.3. The molecule has 1 N–H and O–H groups in total. The normalized spacial score (nSPS) is 21.3. The molecule has 5 heteroatoms. The number of carbonyl (C=O) groups is 1. The Labute approximate surface area is 182 Å². The van der Waals surface area contributed by atoms with E-state index in [-0.39, 0.29) is 16.6 Å². The van der Waals surface area contributed by atoms with Gasteiger partial charge in [-0.3, -0.25) is 0 Å². The summed E-state index contributed by atoms with van der Waals surface area (Å²) in [6.45, 7) is 21.6. The number of ether oxygens (including phenoxy) is 1. The second-order valence-corrected chi connectivity index (χ2v) is 12.5. The van der Waals surface area contributed by atoms with Gasteiger partial charge in [0.25, 0.3) is 0 Å². The fourth-order valence-electron chi connectivity index (χ4n) is 5.11. The van der Waals surface area contributed by atoms with E-state index in [9.17, 15) is 15.1 Å². The highest BCUT2D eigenvalue weighted by atomic mass is 16.6. The molecule has 30 heavy (non-hydrogen) atoms. The smallest absolute Gasteiger partial charge is 0.338 e.